The van der Waals surface area contributed by atoms with Gasteiger partial charge in [-0.25, -0.2) is 9.59 Å². The van der Waals surface area contributed by atoms with Gasteiger partial charge in [0.25, 0.3) is 5.91 Å². The van der Waals surface area contributed by atoms with Gasteiger partial charge in [0.05, 0.1) is 0 Å². The molecule has 3 N–H and O–H groups in total. The Morgan fingerprint density at radius 2 is 2.05 bits per heavy atom. The fraction of sp³-hybridized carbons (Fsp3) is 0.214. The third-order valence-electron chi connectivity index (χ3n) is 2.98. The smallest absolute Gasteiger partial charge is 0.375 e. The Balaban J connectivity index is 2.21. The van der Waals surface area contributed by atoms with Crippen LogP contribution in [-0.2, 0) is 9.53 Å². The number of carbonyl (C=O) groups excluding carboxylic acids is 3. The van der Waals surface area contributed by atoms with Crippen molar-refractivity contribution in [3.8, 4) is 0 Å². The van der Waals surface area contributed by atoms with Gasteiger partial charge in [-0.15, -0.1) is 0 Å². The lowest BCUT2D eigenvalue weighted by Crippen LogP contribution is -2.42. The third-order valence-corrected chi connectivity index (χ3v) is 3.48. The fourth-order valence-electron chi connectivity index (χ4n) is 1.88. The Morgan fingerprint density at radius 3 is 2.68 bits per heavy atom. The Bertz CT molecular complexity index is 768. The highest BCUT2D eigenvalue weighted by Crippen LogP contribution is 2.28. The molecule has 22 heavy (non-hydrogen) atoms. The standard InChI is InChI=1S/C14H13BrN2O5/c1-6-9-5-8(15)3-4-10(9)22-11(6)13(19)21-7(2)12(18)17-14(16)20/h3-5,7H,1-2H3,(H3,16,17,18,20). The number of benzene rings is 1. The number of esters is 1. The lowest BCUT2D eigenvalue weighted by molar-refractivity contribution is -0.127. The van der Waals surface area contributed by atoms with Crippen LogP contribution in [-0.4, -0.2) is 24.0 Å². The van der Waals surface area contributed by atoms with Crippen molar-refractivity contribution in [3.63, 3.8) is 0 Å². The molecule has 8 heteroatoms. The number of halogens is 1. The molecular formula is C14H13BrN2O5. The number of fused-ring (bicyclic) bond motifs is 1. The van der Waals surface area contributed by atoms with Crippen molar-refractivity contribution in [2.45, 2.75) is 20.0 Å². The molecule has 2 aromatic rings. The van der Waals surface area contributed by atoms with Crippen molar-refractivity contribution in [2.75, 3.05) is 0 Å². The highest BCUT2D eigenvalue weighted by atomic mass is 79.9. The van der Waals surface area contributed by atoms with Crippen LogP contribution in [0.15, 0.2) is 27.1 Å². The van der Waals surface area contributed by atoms with Gasteiger partial charge in [0.2, 0.25) is 5.76 Å². The monoisotopic (exact) mass is 368 g/mol. The highest BCUT2D eigenvalue weighted by Gasteiger charge is 2.24. The van der Waals surface area contributed by atoms with Crippen LogP contribution < -0.4 is 11.1 Å². The first kappa shape index (κ1) is 16.0. The number of hydrogen-bond acceptors (Lipinski definition) is 5. The molecule has 0 radical (unpaired) electrons. The third kappa shape index (κ3) is 3.28. The lowest BCUT2D eigenvalue weighted by Gasteiger charge is -2.10. The van der Waals surface area contributed by atoms with Gasteiger partial charge in [-0.2, -0.15) is 0 Å². The summed E-state index contributed by atoms with van der Waals surface area (Å²) in [4.78, 5) is 34.2. The average Bonchev–Trinajstić information content (AvgIpc) is 2.75. The van der Waals surface area contributed by atoms with Gasteiger partial charge in [0, 0.05) is 15.4 Å². The zero-order chi connectivity index (χ0) is 16.4. The van der Waals surface area contributed by atoms with Crippen molar-refractivity contribution < 1.29 is 23.5 Å². The molecule has 1 aromatic heterocycles. The zero-order valence-electron chi connectivity index (χ0n) is 11.8. The predicted octanol–water partition coefficient (Wildman–Crippen LogP) is 2.24. The van der Waals surface area contributed by atoms with Crippen LogP contribution in [0.2, 0.25) is 0 Å². The van der Waals surface area contributed by atoms with E-state index in [4.69, 9.17) is 14.9 Å². The number of urea groups is 1. The molecule has 0 saturated heterocycles. The van der Waals surface area contributed by atoms with E-state index in [-0.39, 0.29) is 5.76 Å². The fourth-order valence-corrected chi connectivity index (χ4v) is 2.24. The van der Waals surface area contributed by atoms with Crippen LogP contribution in [0.25, 0.3) is 11.0 Å². The molecule has 0 fully saturated rings. The number of primary amides is 1. The lowest BCUT2D eigenvalue weighted by atomic mass is 10.1. The summed E-state index contributed by atoms with van der Waals surface area (Å²) in [5.41, 5.74) is 5.96. The molecule has 0 bridgehead atoms. The van der Waals surface area contributed by atoms with Crippen molar-refractivity contribution in [1.29, 1.82) is 0 Å². The molecule has 1 heterocycles. The Kier molecular flexibility index (Phi) is 4.51. The SMILES string of the molecule is Cc1c(C(=O)OC(C)C(=O)NC(N)=O)oc2ccc(Br)cc12. The quantitative estimate of drug-likeness (QED) is 0.806. The maximum absolute atomic E-state index is 12.1. The van der Waals surface area contributed by atoms with Crippen LogP contribution >= 0.6 is 15.9 Å². The molecule has 0 aliphatic heterocycles. The zero-order valence-corrected chi connectivity index (χ0v) is 13.4. The number of imide groups is 1. The molecule has 0 aliphatic carbocycles. The first-order valence-electron chi connectivity index (χ1n) is 6.29. The van der Waals surface area contributed by atoms with Gasteiger partial charge in [-0.1, -0.05) is 15.9 Å². The van der Waals surface area contributed by atoms with Gasteiger partial charge in [0.1, 0.15) is 5.58 Å². The number of amides is 3. The van der Waals surface area contributed by atoms with E-state index in [9.17, 15) is 14.4 Å². The second-order valence-corrected chi connectivity index (χ2v) is 5.51. The molecule has 3 amide bonds. The van der Waals surface area contributed by atoms with Crippen molar-refractivity contribution in [3.05, 3.63) is 34.0 Å². The summed E-state index contributed by atoms with van der Waals surface area (Å²) in [6.07, 6.45) is -1.18. The number of furan rings is 1. The number of rotatable bonds is 3. The van der Waals surface area contributed by atoms with Gasteiger partial charge < -0.3 is 14.9 Å². The second-order valence-electron chi connectivity index (χ2n) is 4.60. The second kappa shape index (κ2) is 6.18. The maximum atomic E-state index is 12.1. The van der Waals surface area contributed by atoms with Gasteiger partial charge in [0.15, 0.2) is 6.10 Å². The summed E-state index contributed by atoms with van der Waals surface area (Å²) in [5.74, 6) is -1.60. The minimum absolute atomic E-state index is 0.00632. The molecule has 1 atom stereocenters. The maximum Gasteiger partial charge on any atom is 0.375 e. The number of carbonyl (C=O) groups is 3. The first-order valence-corrected chi connectivity index (χ1v) is 7.09. The summed E-state index contributed by atoms with van der Waals surface area (Å²) in [6, 6.07) is 4.29. The van der Waals surface area contributed by atoms with Crippen LogP contribution in [0.1, 0.15) is 23.0 Å². The normalized spacial score (nSPS) is 12.0. The molecule has 0 saturated carbocycles. The highest BCUT2D eigenvalue weighted by molar-refractivity contribution is 9.10. The van der Waals surface area contributed by atoms with Crippen LogP contribution in [0.5, 0.6) is 0 Å². The molecule has 0 aliphatic rings. The average molecular weight is 369 g/mol. The van der Waals surface area contributed by atoms with E-state index in [2.05, 4.69) is 15.9 Å². The molecule has 2 rings (SSSR count). The molecule has 1 unspecified atom stereocenters. The summed E-state index contributed by atoms with van der Waals surface area (Å²) >= 11 is 3.34. The largest absolute Gasteiger partial charge is 0.449 e. The van der Waals surface area contributed by atoms with Gasteiger partial charge in [-0.05, 0) is 32.0 Å². The van der Waals surface area contributed by atoms with E-state index in [0.29, 0.717) is 11.1 Å². The topological polar surface area (TPSA) is 112 Å². The number of aryl methyl sites for hydroxylation is 1. The molecule has 116 valence electrons. The molecule has 7 nitrogen and oxygen atoms in total. The first-order chi connectivity index (χ1) is 10.3. The van der Waals surface area contributed by atoms with E-state index < -0.39 is 24.0 Å². The minimum atomic E-state index is -1.18. The van der Waals surface area contributed by atoms with Crippen molar-refractivity contribution in [1.82, 2.24) is 5.32 Å². The Hall–Kier alpha value is -2.35. The summed E-state index contributed by atoms with van der Waals surface area (Å²) in [5, 5.41) is 2.59. The van der Waals surface area contributed by atoms with Gasteiger partial charge >= 0.3 is 12.0 Å². The number of nitrogens with two attached hydrogens (primary N) is 1. The molecule has 0 spiro atoms. The number of nitrogens with one attached hydrogen (secondary N) is 1. The van der Waals surface area contributed by atoms with Crippen molar-refractivity contribution in [2.24, 2.45) is 5.73 Å². The van der Waals surface area contributed by atoms with E-state index in [1.807, 2.05) is 11.4 Å². The van der Waals surface area contributed by atoms with Crippen LogP contribution in [0.4, 0.5) is 4.79 Å². The van der Waals surface area contributed by atoms with Crippen molar-refractivity contribution >= 4 is 44.8 Å². The van der Waals surface area contributed by atoms with Crippen LogP contribution in [0, 0.1) is 6.92 Å². The van der Waals surface area contributed by atoms with E-state index in [0.717, 1.165) is 9.86 Å². The molecule has 1 aromatic carbocycles. The van der Waals surface area contributed by atoms with Gasteiger partial charge in [-0.3, -0.25) is 10.1 Å². The summed E-state index contributed by atoms with van der Waals surface area (Å²) < 4.78 is 11.3. The predicted molar refractivity (Wildman–Crippen MR) is 81.3 cm³/mol. The number of ether oxygens (including phenoxy) is 1. The van der Waals surface area contributed by atoms with E-state index >= 15 is 0 Å². The summed E-state index contributed by atoms with van der Waals surface area (Å²) in [7, 11) is 0. The Morgan fingerprint density at radius 1 is 1.36 bits per heavy atom. The minimum Gasteiger partial charge on any atom is -0.449 e. The molecular weight excluding hydrogens is 356 g/mol. The summed E-state index contributed by atoms with van der Waals surface area (Å²) in [6.45, 7) is 3.04. The van der Waals surface area contributed by atoms with Crippen LogP contribution in [0.3, 0.4) is 0 Å². The number of hydrogen-bond donors (Lipinski definition) is 2. The van der Waals surface area contributed by atoms with E-state index in [1.54, 1.807) is 19.1 Å². The van der Waals surface area contributed by atoms with E-state index in [1.165, 1.54) is 6.92 Å². The Labute approximate surface area is 133 Å².